The number of aromatic nitrogens is 4. The number of tetrazole rings is 1. The minimum Gasteiger partial charge on any atom is -0.375 e. The number of fused-ring (bicyclic) bond motifs is 1. The van der Waals surface area contributed by atoms with Gasteiger partial charge in [-0.3, -0.25) is 4.79 Å². The van der Waals surface area contributed by atoms with E-state index in [1.165, 1.54) is 0 Å². The Morgan fingerprint density at radius 1 is 1.21 bits per heavy atom. The quantitative estimate of drug-likeness (QED) is 0.771. The second-order valence-electron chi connectivity index (χ2n) is 5.75. The third-order valence-corrected chi connectivity index (χ3v) is 4.00. The van der Waals surface area contributed by atoms with Crippen molar-refractivity contribution < 1.29 is 4.79 Å². The molecule has 1 unspecified atom stereocenters. The lowest BCUT2D eigenvalue weighted by atomic mass is 10.1. The highest BCUT2D eigenvalue weighted by atomic mass is 16.1. The number of benzene rings is 2. The predicted octanol–water partition coefficient (Wildman–Crippen LogP) is 2.33. The monoisotopic (exact) mass is 320 g/mol. The lowest BCUT2D eigenvalue weighted by Gasteiger charge is -2.15. The highest BCUT2D eigenvalue weighted by molar-refractivity contribution is 5.99. The number of nitrogens with zero attached hydrogens (tertiary/aromatic N) is 4. The van der Waals surface area contributed by atoms with Crippen molar-refractivity contribution in [3.8, 4) is 5.69 Å². The molecule has 2 aromatic carbocycles. The average Bonchev–Trinajstić information content (AvgIpc) is 3.21. The SMILES string of the molecule is CC(Nc1ccc2c(c1)CC(=O)N2)c1nnnn1-c1ccccc1. The maximum Gasteiger partial charge on any atom is 0.228 e. The summed E-state index contributed by atoms with van der Waals surface area (Å²) in [5, 5.41) is 18.3. The van der Waals surface area contributed by atoms with E-state index in [0.29, 0.717) is 6.42 Å². The Hall–Kier alpha value is -3.22. The molecule has 3 aromatic rings. The molecule has 2 N–H and O–H groups in total. The van der Waals surface area contributed by atoms with Crippen LogP contribution in [0.25, 0.3) is 5.69 Å². The van der Waals surface area contributed by atoms with Gasteiger partial charge in [0.2, 0.25) is 5.91 Å². The van der Waals surface area contributed by atoms with E-state index in [0.717, 1.165) is 28.5 Å². The van der Waals surface area contributed by atoms with Gasteiger partial charge >= 0.3 is 0 Å². The van der Waals surface area contributed by atoms with Gasteiger partial charge in [0.25, 0.3) is 0 Å². The average molecular weight is 320 g/mol. The van der Waals surface area contributed by atoms with Crippen LogP contribution in [-0.2, 0) is 11.2 Å². The summed E-state index contributed by atoms with van der Waals surface area (Å²) >= 11 is 0. The normalized spacial score (nSPS) is 14.1. The topological polar surface area (TPSA) is 84.7 Å². The fourth-order valence-corrected chi connectivity index (χ4v) is 2.85. The van der Waals surface area contributed by atoms with E-state index in [-0.39, 0.29) is 11.9 Å². The largest absolute Gasteiger partial charge is 0.375 e. The highest BCUT2D eigenvalue weighted by Crippen LogP contribution is 2.28. The van der Waals surface area contributed by atoms with Crippen LogP contribution in [0.1, 0.15) is 24.4 Å². The molecule has 1 aliphatic heterocycles. The summed E-state index contributed by atoms with van der Waals surface area (Å²) in [5.41, 5.74) is 3.72. The molecule has 0 radical (unpaired) electrons. The molecule has 0 saturated heterocycles. The zero-order valence-electron chi connectivity index (χ0n) is 13.1. The summed E-state index contributed by atoms with van der Waals surface area (Å²) in [5.74, 6) is 0.749. The first-order valence-electron chi connectivity index (χ1n) is 7.74. The van der Waals surface area contributed by atoms with Gasteiger partial charge in [0.1, 0.15) is 0 Å². The molecule has 0 saturated carbocycles. The Balaban J connectivity index is 1.58. The van der Waals surface area contributed by atoms with Crippen molar-refractivity contribution in [2.75, 3.05) is 10.6 Å². The van der Waals surface area contributed by atoms with Crippen molar-refractivity contribution in [2.24, 2.45) is 0 Å². The molecule has 120 valence electrons. The van der Waals surface area contributed by atoms with Gasteiger partial charge in [-0.1, -0.05) is 18.2 Å². The van der Waals surface area contributed by atoms with Crippen LogP contribution in [0, 0.1) is 0 Å². The van der Waals surface area contributed by atoms with Crippen molar-refractivity contribution in [3.05, 3.63) is 59.9 Å². The Morgan fingerprint density at radius 2 is 2.04 bits per heavy atom. The Labute approximate surface area is 138 Å². The molecule has 1 atom stereocenters. The molecule has 24 heavy (non-hydrogen) atoms. The van der Waals surface area contributed by atoms with E-state index >= 15 is 0 Å². The van der Waals surface area contributed by atoms with E-state index in [9.17, 15) is 4.79 Å². The first kappa shape index (κ1) is 14.4. The Morgan fingerprint density at radius 3 is 2.88 bits per heavy atom. The van der Waals surface area contributed by atoms with Crippen molar-refractivity contribution >= 4 is 17.3 Å². The highest BCUT2D eigenvalue weighted by Gasteiger charge is 2.19. The maximum absolute atomic E-state index is 11.5. The second-order valence-corrected chi connectivity index (χ2v) is 5.75. The third-order valence-electron chi connectivity index (χ3n) is 4.00. The summed E-state index contributed by atoms with van der Waals surface area (Å²) in [6, 6.07) is 15.5. The van der Waals surface area contributed by atoms with Gasteiger partial charge in [-0.2, -0.15) is 4.68 Å². The van der Waals surface area contributed by atoms with Crippen LogP contribution in [0.2, 0.25) is 0 Å². The molecule has 0 spiro atoms. The van der Waals surface area contributed by atoms with Crippen LogP contribution < -0.4 is 10.6 Å². The van der Waals surface area contributed by atoms with E-state index in [1.54, 1.807) is 4.68 Å². The smallest absolute Gasteiger partial charge is 0.228 e. The van der Waals surface area contributed by atoms with E-state index < -0.39 is 0 Å². The third kappa shape index (κ3) is 2.60. The molecule has 1 aliphatic rings. The molecule has 7 heteroatoms. The van der Waals surface area contributed by atoms with Crippen molar-refractivity contribution in [1.82, 2.24) is 20.2 Å². The Kier molecular flexibility index (Phi) is 3.45. The van der Waals surface area contributed by atoms with Gasteiger partial charge < -0.3 is 10.6 Å². The summed E-state index contributed by atoms with van der Waals surface area (Å²) in [7, 11) is 0. The number of carbonyl (C=O) groups excluding carboxylic acids is 1. The number of carbonyl (C=O) groups is 1. The number of rotatable bonds is 4. The van der Waals surface area contributed by atoms with Gasteiger partial charge in [0.15, 0.2) is 5.82 Å². The Bertz CT molecular complexity index is 889. The molecule has 0 aliphatic carbocycles. The standard InChI is InChI=1S/C17H16N6O/c1-11(17-20-21-22-23(17)14-5-3-2-4-6-14)18-13-7-8-15-12(9-13)10-16(24)19-15/h2-9,11,18H,10H2,1H3,(H,19,24). The van der Waals surface area contributed by atoms with Crippen LogP contribution in [-0.4, -0.2) is 26.1 Å². The van der Waals surface area contributed by atoms with Crippen LogP contribution in [0.5, 0.6) is 0 Å². The van der Waals surface area contributed by atoms with E-state index in [4.69, 9.17) is 0 Å². The van der Waals surface area contributed by atoms with Crippen LogP contribution in [0.15, 0.2) is 48.5 Å². The lowest BCUT2D eigenvalue weighted by molar-refractivity contribution is -0.115. The molecule has 0 bridgehead atoms. The van der Waals surface area contributed by atoms with Crippen molar-refractivity contribution in [1.29, 1.82) is 0 Å². The molecular weight excluding hydrogens is 304 g/mol. The van der Waals surface area contributed by atoms with Gasteiger partial charge in [0.05, 0.1) is 18.2 Å². The minimum absolute atomic E-state index is 0.0308. The fourth-order valence-electron chi connectivity index (χ4n) is 2.85. The maximum atomic E-state index is 11.5. The zero-order chi connectivity index (χ0) is 16.5. The van der Waals surface area contributed by atoms with E-state index in [2.05, 4.69) is 26.2 Å². The van der Waals surface area contributed by atoms with Crippen LogP contribution >= 0.6 is 0 Å². The molecular formula is C17H16N6O. The first-order valence-corrected chi connectivity index (χ1v) is 7.74. The number of hydrogen-bond acceptors (Lipinski definition) is 5. The molecule has 2 heterocycles. The number of nitrogens with one attached hydrogen (secondary N) is 2. The second kappa shape index (κ2) is 5.77. The summed E-state index contributed by atoms with van der Waals surface area (Å²) < 4.78 is 1.72. The van der Waals surface area contributed by atoms with Crippen LogP contribution in [0.4, 0.5) is 11.4 Å². The minimum atomic E-state index is -0.0941. The lowest BCUT2D eigenvalue weighted by Crippen LogP contribution is -2.13. The number of hydrogen-bond donors (Lipinski definition) is 2. The number of para-hydroxylation sites is 1. The summed E-state index contributed by atoms with van der Waals surface area (Å²) in [6.07, 6.45) is 0.418. The predicted molar refractivity (Wildman–Crippen MR) is 90.0 cm³/mol. The molecule has 1 amide bonds. The summed E-state index contributed by atoms with van der Waals surface area (Å²) in [4.78, 5) is 11.5. The molecule has 4 rings (SSSR count). The van der Waals surface area contributed by atoms with E-state index in [1.807, 2.05) is 55.5 Å². The molecule has 7 nitrogen and oxygen atoms in total. The van der Waals surface area contributed by atoms with Crippen molar-refractivity contribution in [2.45, 2.75) is 19.4 Å². The molecule has 0 fully saturated rings. The molecule has 1 aromatic heterocycles. The number of amides is 1. The fraction of sp³-hybridized carbons (Fsp3) is 0.176. The van der Waals surface area contributed by atoms with Gasteiger partial charge in [0, 0.05) is 11.4 Å². The van der Waals surface area contributed by atoms with Gasteiger partial charge in [-0.15, -0.1) is 5.10 Å². The van der Waals surface area contributed by atoms with Crippen molar-refractivity contribution in [3.63, 3.8) is 0 Å². The van der Waals surface area contributed by atoms with Crippen LogP contribution in [0.3, 0.4) is 0 Å². The van der Waals surface area contributed by atoms with Gasteiger partial charge in [-0.25, -0.2) is 0 Å². The zero-order valence-corrected chi connectivity index (χ0v) is 13.1. The first-order chi connectivity index (χ1) is 11.7. The summed E-state index contributed by atoms with van der Waals surface area (Å²) in [6.45, 7) is 2.00. The van der Waals surface area contributed by atoms with Gasteiger partial charge in [-0.05, 0) is 53.2 Å². The number of anilines is 2.